The monoisotopic (exact) mass is 270 g/mol. The molecular weight excluding hydrogens is 252 g/mol. The summed E-state index contributed by atoms with van der Waals surface area (Å²) in [5.74, 6) is 0.990. The van der Waals surface area contributed by atoms with Gasteiger partial charge in [0.15, 0.2) is 5.82 Å². The summed E-state index contributed by atoms with van der Waals surface area (Å²) in [5, 5.41) is 9.93. The molecule has 0 unspecified atom stereocenters. The molecule has 1 fully saturated rings. The Morgan fingerprint density at radius 2 is 2.00 bits per heavy atom. The molecule has 1 aromatic heterocycles. The highest BCUT2D eigenvalue weighted by atomic mass is 16.5. The van der Waals surface area contributed by atoms with E-state index < -0.39 is 0 Å². The lowest BCUT2D eigenvalue weighted by Gasteiger charge is -2.41. The lowest BCUT2D eigenvalue weighted by molar-refractivity contribution is 0.0259. The van der Waals surface area contributed by atoms with Crippen molar-refractivity contribution in [3.8, 4) is 0 Å². The van der Waals surface area contributed by atoms with Crippen LogP contribution in [0.1, 0.15) is 12.8 Å². The van der Waals surface area contributed by atoms with Crippen LogP contribution < -0.4 is 9.80 Å². The lowest BCUT2D eigenvalue weighted by Crippen LogP contribution is -2.48. The maximum atomic E-state index is 5.41. The zero-order valence-electron chi connectivity index (χ0n) is 11.8. The number of methoxy groups -OCH3 is 1. The minimum absolute atomic E-state index is 0.412. The van der Waals surface area contributed by atoms with Gasteiger partial charge in [-0.3, -0.25) is 0 Å². The first-order valence-corrected chi connectivity index (χ1v) is 7.04. The number of benzene rings is 1. The number of ether oxygens (including phenoxy) is 1. The first kappa shape index (κ1) is 11.9. The predicted octanol–water partition coefficient (Wildman–Crippen LogP) is 2.02. The molecule has 1 saturated carbocycles. The molecular formula is C15H18N4O. The highest BCUT2D eigenvalue weighted by Gasteiger charge is 2.39. The van der Waals surface area contributed by atoms with Gasteiger partial charge in [-0.25, -0.2) is 0 Å². The Bertz CT molecular complexity index is 653. The van der Waals surface area contributed by atoms with Gasteiger partial charge in [0.05, 0.1) is 24.0 Å². The van der Waals surface area contributed by atoms with E-state index in [1.807, 2.05) is 12.1 Å². The topological polar surface area (TPSA) is 41.5 Å². The van der Waals surface area contributed by atoms with Gasteiger partial charge in [-0.1, -0.05) is 18.2 Å². The molecule has 20 heavy (non-hydrogen) atoms. The molecule has 0 amide bonds. The number of anilines is 2. The number of hydrogen-bond acceptors (Lipinski definition) is 5. The fourth-order valence-corrected chi connectivity index (χ4v) is 3.22. The Morgan fingerprint density at radius 3 is 2.80 bits per heavy atom. The van der Waals surface area contributed by atoms with Crippen molar-refractivity contribution in [2.75, 3.05) is 30.6 Å². The van der Waals surface area contributed by atoms with E-state index in [0.717, 1.165) is 30.8 Å². The summed E-state index contributed by atoms with van der Waals surface area (Å²) >= 11 is 0. The fraction of sp³-hybridized carbons (Fsp3) is 0.467. The Balaban J connectivity index is 1.78. The van der Waals surface area contributed by atoms with Crippen LogP contribution in [0.25, 0.3) is 10.9 Å². The SMILES string of the molecule is CO[C@H]1C[C@@H](N2CN(C)c3nnc4ccccc4c32)C1. The molecule has 0 saturated heterocycles. The molecule has 0 bridgehead atoms. The van der Waals surface area contributed by atoms with Crippen LogP contribution in [0.15, 0.2) is 24.3 Å². The van der Waals surface area contributed by atoms with Crippen LogP contribution >= 0.6 is 0 Å². The first-order valence-electron chi connectivity index (χ1n) is 7.04. The van der Waals surface area contributed by atoms with Gasteiger partial charge in [-0.05, 0) is 18.9 Å². The molecule has 1 aliphatic carbocycles. The van der Waals surface area contributed by atoms with Crippen LogP contribution in [0.3, 0.4) is 0 Å². The summed E-state index contributed by atoms with van der Waals surface area (Å²) in [7, 11) is 3.88. The second-order valence-electron chi connectivity index (χ2n) is 5.68. The molecule has 0 N–H and O–H groups in total. The van der Waals surface area contributed by atoms with Gasteiger partial charge in [-0.2, -0.15) is 0 Å². The maximum Gasteiger partial charge on any atom is 0.176 e. The van der Waals surface area contributed by atoms with Crippen LogP contribution in [0.4, 0.5) is 11.5 Å². The minimum Gasteiger partial charge on any atom is -0.381 e. The number of aromatic nitrogens is 2. The lowest BCUT2D eigenvalue weighted by atomic mass is 9.87. The normalized spacial score (nSPS) is 24.9. The van der Waals surface area contributed by atoms with Gasteiger partial charge in [0.1, 0.15) is 0 Å². The predicted molar refractivity (Wildman–Crippen MR) is 79.1 cm³/mol. The van der Waals surface area contributed by atoms with E-state index in [4.69, 9.17) is 4.74 Å². The molecule has 4 rings (SSSR count). The van der Waals surface area contributed by atoms with Gasteiger partial charge < -0.3 is 14.5 Å². The zero-order chi connectivity index (χ0) is 13.7. The van der Waals surface area contributed by atoms with Crippen molar-refractivity contribution in [1.29, 1.82) is 0 Å². The van der Waals surface area contributed by atoms with Crippen molar-refractivity contribution >= 4 is 22.4 Å². The van der Waals surface area contributed by atoms with Crippen molar-refractivity contribution < 1.29 is 4.74 Å². The Labute approximate surface area is 118 Å². The van der Waals surface area contributed by atoms with E-state index in [-0.39, 0.29) is 0 Å². The Hall–Kier alpha value is -1.88. The molecule has 1 aliphatic heterocycles. The van der Waals surface area contributed by atoms with Crippen LogP contribution in [0, 0.1) is 0 Å². The maximum absolute atomic E-state index is 5.41. The summed E-state index contributed by atoms with van der Waals surface area (Å²) in [5.41, 5.74) is 2.20. The molecule has 2 aliphatic rings. The molecule has 1 aromatic carbocycles. The number of hydrogen-bond donors (Lipinski definition) is 0. The van der Waals surface area contributed by atoms with E-state index in [1.54, 1.807) is 7.11 Å². The highest BCUT2D eigenvalue weighted by Crippen LogP contribution is 2.43. The van der Waals surface area contributed by atoms with Gasteiger partial charge >= 0.3 is 0 Å². The summed E-state index contributed by atoms with van der Waals surface area (Å²) in [6.07, 6.45) is 2.61. The third-order valence-electron chi connectivity index (χ3n) is 4.48. The first-order chi connectivity index (χ1) is 9.78. The largest absolute Gasteiger partial charge is 0.381 e. The second kappa shape index (κ2) is 4.31. The Morgan fingerprint density at radius 1 is 1.20 bits per heavy atom. The summed E-state index contributed by atoms with van der Waals surface area (Å²) in [6, 6.07) is 8.80. The smallest absolute Gasteiger partial charge is 0.176 e. The van der Waals surface area contributed by atoms with Gasteiger partial charge in [0.25, 0.3) is 0 Å². The van der Waals surface area contributed by atoms with Crippen LogP contribution in [-0.2, 0) is 4.74 Å². The van der Waals surface area contributed by atoms with Crippen molar-refractivity contribution in [2.45, 2.75) is 25.0 Å². The van der Waals surface area contributed by atoms with Gasteiger partial charge in [0.2, 0.25) is 0 Å². The molecule has 0 radical (unpaired) electrons. The van der Waals surface area contributed by atoms with Crippen molar-refractivity contribution in [3.63, 3.8) is 0 Å². The van der Waals surface area contributed by atoms with Crippen LogP contribution in [0.2, 0.25) is 0 Å². The second-order valence-corrected chi connectivity index (χ2v) is 5.68. The third-order valence-corrected chi connectivity index (χ3v) is 4.48. The molecule has 2 aromatic rings. The number of nitrogens with zero attached hydrogens (tertiary/aromatic N) is 4. The van der Waals surface area contributed by atoms with Gasteiger partial charge in [-0.15, -0.1) is 10.2 Å². The molecule has 2 heterocycles. The van der Waals surface area contributed by atoms with E-state index in [0.29, 0.717) is 12.1 Å². The molecule has 5 heteroatoms. The minimum atomic E-state index is 0.412. The van der Waals surface area contributed by atoms with Crippen LogP contribution in [-0.4, -0.2) is 43.2 Å². The van der Waals surface area contributed by atoms with E-state index in [2.05, 4.69) is 39.2 Å². The average Bonchev–Trinajstić information content (AvgIpc) is 2.75. The third kappa shape index (κ3) is 1.59. The standard InChI is InChI=1S/C15H18N4O/c1-18-9-19(10-7-11(8-10)20-2)14-12-5-3-4-6-13(12)16-17-15(14)18/h3-6,10-11H,7-9H2,1-2H3/t10-,11+. The molecule has 0 atom stereocenters. The number of rotatable bonds is 2. The van der Waals surface area contributed by atoms with E-state index >= 15 is 0 Å². The summed E-state index contributed by atoms with van der Waals surface area (Å²) < 4.78 is 5.41. The average molecular weight is 270 g/mol. The number of fused-ring (bicyclic) bond motifs is 3. The Kier molecular flexibility index (Phi) is 2.57. The summed E-state index contributed by atoms with van der Waals surface area (Å²) in [6.45, 7) is 0.888. The fourth-order valence-electron chi connectivity index (χ4n) is 3.22. The quantitative estimate of drug-likeness (QED) is 0.835. The van der Waals surface area contributed by atoms with Crippen LogP contribution in [0.5, 0.6) is 0 Å². The molecule has 0 spiro atoms. The van der Waals surface area contributed by atoms with E-state index in [9.17, 15) is 0 Å². The highest BCUT2D eigenvalue weighted by molar-refractivity contribution is 5.98. The van der Waals surface area contributed by atoms with Crippen molar-refractivity contribution in [3.05, 3.63) is 24.3 Å². The van der Waals surface area contributed by atoms with Crippen molar-refractivity contribution in [2.24, 2.45) is 0 Å². The summed E-state index contributed by atoms with van der Waals surface area (Å²) in [4.78, 5) is 4.64. The van der Waals surface area contributed by atoms with Crippen molar-refractivity contribution in [1.82, 2.24) is 10.2 Å². The van der Waals surface area contributed by atoms with Gasteiger partial charge in [0, 0.05) is 25.6 Å². The van der Waals surface area contributed by atoms with E-state index in [1.165, 1.54) is 11.1 Å². The molecule has 104 valence electrons. The zero-order valence-corrected chi connectivity index (χ0v) is 11.8. The molecule has 5 nitrogen and oxygen atoms in total.